The van der Waals surface area contributed by atoms with E-state index in [1.165, 1.54) is 0 Å². The highest BCUT2D eigenvalue weighted by atomic mass is 79.9. The van der Waals surface area contributed by atoms with Gasteiger partial charge < -0.3 is 10.4 Å². The maximum atomic E-state index is 8.17. The van der Waals surface area contributed by atoms with E-state index in [4.69, 9.17) is 5.11 Å². The number of hydrogen-bond donors (Lipinski definition) is 2. The van der Waals surface area contributed by atoms with Gasteiger partial charge in [0.05, 0.1) is 6.10 Å². The summed E-state index contributed by atoms with van der Waals surface area (Å²) in [5.41, 5.74) is 1.15. The Morgan fingerprint density at radius 3 is 2.00 bits per heavy atom. The average molecular weight is 278 g/mol. The van der Waals surface area contributed by atoms with Crippen molar-refractivity contribution in [1.29, 1.82) is 0 Å². The van der Waals surface area contributed by atoms with Gasteiger partial charge in [0, 0.05) is 17.2 Å². The Morgan fingerprint density at radius 1 is 1.40 bits per heavy atom. The Hall–Kier alpha value is -0.280. The lowest BCUT2D eigenvalue weighted by Crippen LogP contribution is -2.00. The molecule has 1 aliphatic rings. The van der Waals surface area contributed by atoms with Crippen molar-refractivity contribution in [2.45, 2.75) is 46.6 Å². The van der Waals surface area contributed by atoms with Crippen molar-refractivity contribution in [2.75, 3.05) is 7.05 Å². The van der Waals surface area contributed by atoms with Crippen LogP contribution in [-0.2, 0) is 0 Å². The zero-order valence-electron chi connectivity index (χ0n) is 10.5. The van der Waals surface area contributed by atoms with E-state index in [0.717, 1.165) is 23.0 Å². The third-order valence-corrected chi connectivity index (χ3v) is 2.26. The van der Waals surface area contributed by atoms with Crippen LogP contribution < -0.4 is 5.32 Å². The number of aliphatic hydroxyl groups is 1. The van der Waals surface area contributed by atoms with E-state index in [9.17, 15) is 0 Å². The molecule has 1 aliphatic carbocycles. The second-order valence-corrected chi connectivity index (χ2v) is 3.90. The molecule has 0 unspecified atom stereocenters. The van der Waals surface area contributed by atoms with Crippen LogP contribution in [0.15, 0.2) is 22.3 Å². The molecule has 90 valence electrons. The van der Waals surface area contributed by atoms with E-state index < -0.39 is 0 Å². The normalized spacial score (nSPS) is 15.7. The van der Waals surface area contributed by atoms with Gasteiger partial charge in [0.1, 0.15) is 0 Å². The van der Waals surface area contributed by atoms with Gasteiger partial charge in [-0.1, -0.05) is 35.9 Å². The molecule has 0 aromatic carbocycles. The minimum absolute atomic E-state index is 0.0833. The van der Waals surface area contributed by atoms with Crippen molar-refractivity contribution in [3.63, 3.8) is 0 Å². The average Bonchev–Trinajstić information content (AvgIpc) is 3.04. The maximum Gasteiger partial charge on any atom is 0.0542 e. The first-order valence-electron chi connectivity index (χ1n) is 5.46. The van der Waals surface area contributed by atoms with Crippen LogP contribution >= 0.6 is 15.9 Å². The Labute approximate surface area is 103 Å². The standard InChI is InChI=1S/C7H12BrN.C3H6O.C2H6/c1-4-7(8)5-6(2)9-3;4-3-1-2-3;1-2/h4-5,9H,1-3H3;3-4H,1-2H2;1-2H3/b6-5+,7-4+;;. The number of aliphatic hydroxyl groups excluding tert-OH is 1. The summed E-state index contributed by atoms with van der Waals surface area (Å²) in [5.74, 6) is 0. The van der Waals surface area contributed by atoms with E-state index in [2.05, 4.69) is 21.2 Å². The zero-order valence-corrected chi connectivity index (χ0v) is 12.1. The Morgan fingerprint density at radius 2 is 1.80 bits per heavy atom. The van der Waals surface area contributed by atoms with Gasteiger partial charge in [-0.3, -0.25) is 0 Å². The SMILES string of the molecule is C/C=C(Br)\C=C(/C)NC.CC.OC1CC1. The first-order valence-corrected chi connectivity index (χ1v) is 6.25. The van der Waals surface area contributed by atoms with Crippen LogP contribution in [0.1, 0.15) is 40.5 Å². The van der Waals surface area contributed by atoms with Crippen LogP contribution in [0.4, 0.5) is 0 Å². The molecule has 0 amide bonds. The number of hydrogen-bond acceptors (Lipinski definition) is 2. The molecule has 1 fully saturated rings. The molecular formula is C12H24BrNO. The van der Waals surface area contributed by atoms with Crippen LogP contribution in [0.3, 0.4) is 0 Å². The smallest absolute Gasteiger partial charge is 0.0542 e. The minimum Gasteiger partial charge on any atom is -0.393 e. The first kappa shape index (κ1) is 17.1. The molecular weight excluding hydrogens is 254 g/mol. The highest BCUT2D eigenvalue weighted by molar-refractivity contribution is 9.11. The summed E-state index contributed by atoms with van der Waals surface area (Å²) in [5, 5.41) is 11.2. The van der Waals surface area contributed by atoms with Crippen molar-refractivity contribution in [3.8, 4) is 0 Å². The summed E-state index contributed by atoms with van der Waals surface area (Å²) in [4.78, 5) is 0. The Balaban J connectivity index is 0. The van der Waals surface area contributed by atoms with Crippen molar-refractivity contribution in [3.05, 3.63) is 22.3 Å². The fourth-order valence-electron chi connectivity index (χ4n) is 0.437. The molecule has 0 heterocycles. The van der Waals surface area contributed by atoms with Gasteiger partial charge in [0.2, 0.25) is 0 Å². The molecule has 2 nitrogen and oxygen atoms in total. The molecule has 0 aromatic heterocycles. The zero-order chi connectivity index (χ0) is 12.3. The fourth-order valence-corrected chi connectivity index (χ4v) is 0.780. The summed E-state index contributed by atoms with van der Waals surface area (Å²) in [6.07, 6.45) is 6.20. The molecule has 0 bridgehead atoms. The highest BCUT2D eigenvalue weighted by Gasteiger charge is 2.15. The predicted octanol–water partition coefficient (Wildman–Crippen LogP) is 3.58. The topological polar surface area (TPSA) is 32.3 Å². The molecule has 1 rings (SSSR count). The van der Waals surface area contributed by atoms with E-state index in [1.54, 1.807) is 0 Å². The predicted molar refractivity (Wildman–Crippen MR) is 72.1 cm³/mol. The van der Waals surface area contributed by atoms with Crippen LogP contribution in [0.25, 0.3) is 0 Å². The molecule has 1 saturated carbocycles. The molecule has 0 aromatic rings. The second-order valence-electron chi connectivity index (χ2n) is 2.98. The third kappa shape index (κ3) is 16.4. The van der Waals surface area contributed by atoms with Gasteiger partial charge in [-0.2, -0.15) is 0 Å². The summed E-state index contributed by atoms with van der Waals surface area (Å²) < 4.78 is 1.11. The molecule has 2 N–H and O–H groups in total. The molecule has 0 spiro atoms. The Bertz CT molecular complexity index is 196. The van der Waals surface area contributed by atoms with Crippen molar-refractivity contribution in [2.24, 2.45) is 0 Å². The number of nitrogens with one attached hydrogen (secondary N) is 1. The molecule has 0 atom stereocenters. The van der Waals surface area contributed by atoms with Gasteiger partial charge in [-0.05, 0) is 32.8 Å². The lowest BCUT2D eigenvalue weighted by Gasteiger charge is -1.96. The van der Waals surface area contributed by atoms with Gasteiger partial charge in [0.25, 0.3) is 0 Å². The molecule has 0 radical (unpaired) electrons. The van der Waals surface area contributed by atoms with Crippen molar-refractivity contribution < 1.29 is 5.11 Å². The summed E-state index contributed by atoms with van der Waals surface area (Å²) >= 11 is 3.36. The summed E-state index contributed by atoms with van der Waals surface area (Å²) in [7, 11) is 1.90. The van der Waals surface area contributed by atoms with Gasteiger partial charge in [-0.25, -0.2) is 0 Å². The highest BCUT2D eigenvalue weighted by Crippen LogP contribution is 2.16. The van der Waals surface area contributed by atoms with Gasteiger partial charge in [-0.15, -0.1) is 0 Å². The number of rotatable bonds is 2. The van der Waals surface area contributed by atoms with Crippen LogP contribution in [0.2, 0.25) is 0 Å². The van der Waals surface area contributed by atoms with E-state index >= 15 is 0 Å². The van der Waals surface area contributed by atoms with Gasteiger partial charge in [0.15, 0.2) is 0 Å². The summed E-state index contributed by atoms with van der Waals surface area (Å²) in [6, 6.07) is 0. The maximum absolute atomic E-state index is 8.17. The van der Waals surface area contributed by atoms with Gasteiger partial charge >= 0.3 is 0 Å². The first-order chi connectivity index (χ1) is 7.10. The second kappa shape index (κ2) is 11.8. The lowest BCUT2D eigenvalue weighted by atomic mass is 10.4. The van der Waals surface area contributed by atoms with Crippen molar-refractivity contribution in [1.82, 2.24) is 5.32 Å². The van der Waals surface area contributed by atoms with Crippen LogP contribution in [-0.4, -0.2) is 18.3 Å². The quantitative estimate of drug-likeness (QED) is 0.757. The van der Waals surface area contributed by atoms with E-state index in [0.29, 0.717) is 0 Å². The molecule has 0 saturated heterocycles. The van der Waals surface area contributed by atoms with E-state index in [1.807, 2.05) is 46.9 Å². The molecule has 15 heavy (non-hydrogen) atoms. The number of halogens is 1. The fraction of sp³-hybridized carbons (Fsp3) is 0.667. The van der Waals surface area contributed by atoms with Crippen LogP contribution in [0, 0.1) is 0 Å². The molecule has 0 aliphatic heterocycles. The molecule has 3 heteroatoms. The monoisotopic (exact) mass is 277 g/mol. The third-order valence-electron chi connectivity index (χ3n) is 1.57. The Kier molecular flexibility index (Phi) is 13.5. The number of allylic oxidation sites excluding steroid dienone is 4. The van der Waals surface area contributed by atoms with Crippen LogP contribution in [0.5, 0.6) is 0 Å². The largest absolute Gasteiger partial charge is 0.393 e. The minimum atomic E-state index is 0.0833. The summed E-state index contributed by atoms with van der Waals surface area (Å²) in [6.45, 7) is 8.01. The van der Waals surface area contributed by atoms with E-state index in [-0.39, 0.29) is 6.10 Å². The van der Waals surface area contributed by atoms with Crippen molar-refractivity contribution >= 4 is 15.9 Å². The lowest BCUT2D eigenvalue weighted by molar-refractivity contribution is 0.279.